The van der Waals surface area contributed by atoms with Crippen LogP contribution < -0.4 is 5.32 Å². The summed E-state index contributed by atoms with van der Waals surface area (Å²) in [4.78, 5) is 31.6. The van der Waals surface area contributed by atoms with Crippen LogP contribution in [0.1, 0.15) is 48.3 Å². The van der Waals surface area contributed by atoms with Crippen LogP contribution in [0.25, 0.3) is 16.7 Å². The number of rotatable bonds is 7. The monoisotopic (exact) mass is 433 g/mol. The largest absolute Gasteiger partial charge is 0.341 e. The minimum absolute atomic E-state index is 0.0646. The minimum Gasteiger partial charge on any atom is -0.341 e. The Labute approximate surface area is 183 Å². The number of aromatic nitrogens is 5. The lowest BCUT2D eigenvalue weighted by Gasteiger charge is -2.18. The maximum atomic E-state index is 13.1. The average Bonchev–Trinajstić information content (AvgIpc) is 3.36. The molecule has 164 valence electrons. The molecule has 0 saturated carbocycles. The van der Waals surface area contributed by atoms with Gasteiger partial charge in [-0.3, -0.25) is 14.9 Å². The van der Waals surface area contributed by atoms with Gasteiger partial charge < -0.3 is 10.3 Å². The highest BCUT2D eigenvalue weighted by Gasteiger charge is 2.24. The van der Waals surface area contributed by atoms with Crippen molar-refractivity contribution in [3.05, 3.63) is 75.9 Å². The quantitative estimate of drug-likeness (QED) is 0.336. The third-order valence-corrected chi connectivity index (χ3v) is 5.14. The molecule has 2 heterocycles. The standard InChI is InChI=1S/C22H23N7O3/c1-13(2)11-19(21-23-17-9-4-5-10-18(17)24-21)25-22(30)20-14(3)28(27-26-20)15-7-6-8-16(12-15)29(31)32/h4-10,12-13,19H,11H2,1-3H3,(H,23,24)(H,25,30). The first-order valence-corrected chi connectivity index (χ1v) is 10.3. The zero-order valence-electron chi connectivity index (χ0n) is 17.9. The molecule has 1 atom stereocenters. The number of amides is 1. The molecule has 0 bridgehead atoms. The predicted molar refractivity (Wildman–Crippen MR) is 119 cm³/mol. The molecule has 32 heavy (non-hydrogen) atoms. The maximum absolute atomic E-state index is 13.1. The molecule has 10 nitrogen and oxygen atoms in total. The number of nitro groups is 1. The number of carbonyl (C=O) groups excluding carboxylic acids is 1. The molecule has 10 heteroatoms. The Morgan fingerprint density at radius 2 is 2.00 bits per heavy atom. The van der Waals surface area contributed by atoms with Gasteiger partial charge in [0.1, 0.15) is 5.82 Å². The Morgan fingerprint density at radius 3 is 2.72 bits per heavy atom. The highest BCUT2D eigenvalue weighted by atomic mass is 16.6. The van der Waals surface area contributed by atoms with Crippen LogP contribution in [0.3, 0.4) is 0 Å². The zero-order valence-corrected chi connectivity index (χ0v) is 17.9. The molecule has 2 aromatic heterocycles. The fourth-order valence-corrected chi connectivity index (χ4v) is 3.60. The van der Waals surface area contributed by atoms with Crippen molar-refractivity contribution < 1.29 is 9.72 Å². The number of imidazole rings is 1. The number of fused-ring (bicyclic) bond motifs is 1. The maximum Gasteiger partial charge on any atom is 0.274 e. The Hall–Kier alpha value is -4.08. The third kappa shape index (κ3) is 4.20. The summed E-state index contributed by atoms with van der Waals surface area (Å²) in [5, 5.41) is 22.2. The van der Waals surface area contributed by atoms with Gasteiger partial charge in [0.25, 0.3) is 11.6 Å². The van der Waals surface area contributed by atoms with Gasteiger partial charge >= 0.3 is 0 Å². The molecular formula is C22H23N7O3. The van der Waals surface area contributed by atoms with Crippen molar-refractivity contribution in [3.8, 4) is 5.69 Å². The molecule has 2 aromatic carbocycles. The van der Waals surface area contributed by atoms with E-state index >= 15 is 0 Å². The summed E-state index contributed by atoms with van der Waals surface area (Å²) >= 11 is 0. The first kappa shape index (κ1) is 21.2. The fraction of sp³-hybridized carbons (Fsp3) is 0.273. The average molecular weight is 433 g/mol. The number of carbonyl (C=O) groups is 1. The lowest BCUT2D eigenvalue weighted by Crippen LogP contribution is -2.31. The minimum atomic E-state index is -0.479. The van der Waals surface area contributed by atoms with Crippen LogP contribution in [0, 0.1) is 23.0 Å². The topological polar surface area (TPSA) is 132 Å². The number of aromatic amines is 1. The Morgan fingerprint density at radius 1 is 1.22 bits per heavy atom. The zero-order chi connectivity index (χ0) is 22.8. The second kappa shape index (κ2) is 8.58. The molecule has 0 saturated heterocycles. The van der Waals surface area contributed by atoms with E-state index in [0.717, 1.165) is 11.0 Å². The fourth-order valence-electron chi connectivity index (χ4n) is 3.60. The van der Waals surface area contributed by atoms with E-state index in [0.29, 0.717) is 29.5 Å². The summed E-state index contributed by atoms with van der Waals surface area (Å²) in [6.07, 6.45) is 0.684. The van der Waals surface area contributed by atoms with Crippen molar-refractivity contribution in [2.45, 2.75) is 33.2 Å². The van der Waals surface area contributed by atoms with Crippen LogP contribution in [0.2, 0.25) is 0 Å². The van der Waals surface area contributed by atoms with Gasteiger partial charge in [-0.25, -0.2) is 9.67 Å². The SMILES string of the molecule is Cc1c(C(=O)NC(CC(C)C)c2nc3ccccc3[nH]2)nnn1-c1cccc([N+](=O)[O-])c1. The Balaban J connectivity index is 1.61. The number of nitrogens with one attached hydrogen (secondary N) is 2. The molecule has 0 radical (unpaired) electrons. The summed E-state index contributed by atoms with van der Waals surface area (Å²) in [6.45, 7) is 5.85. The van der Waals surface area contributed by atoms with Gasteiger partial charge in [-0.05, 0) is 37.5 Å². The van der Waals surface area contributed by atoms with Gasteiger partial charge in [0.2, 0.25) is 0 Å². The summed E-state index contributed by atoms with van der Waals surface area (Å²) < 4.78 is 1.42. The van der Waals surface area contributed by atoms with Gasteiger partial charge in [0.15, 0.2) is 5.69 Å². The van der Waals surface area contributed by atoms with Crippen LogP contribution >= 0.6 is 0 Å². The van der Waals surface area contributed by atoms with Crippen molar-refractivity contribution in [2.75, 3.05) is 0 Å². The third-order valence-electron chi connectivity index (χ3n) is 5.14. The van der Waals surface area contributed by atoms with E-state index in [4.69, 9.17) is 0 Å². The molecule has 0 aliphatic carbocycles. The van der Waals surface area contributed by atoms with E-state index in [1.165, 1.54) is 16.8 Å². The molecule has 0 fully saturated rings. The number of hydrogen-bond acceptors (Lipinski definition) is 6. The van der Waals surface area contributed by atoms with E-state index in [-0.39, 0.29) is 23.3 Å². The predicted octanol–water partition coefficient (Wildman–Crippen LogP) is 3.88. The molecule has 2 N–H and O–H groups in total. The van der Waals surface area contributed by atoms with Crippen LogP contribution in [0.15, 0.2) is 48.5 Å². The van der Waals surface area contributed by atoms with Gasteiger partial charge in [-0.15, -0.1) is 5.10 Å². The van der Waals surface area contributed by atoms with Crippen molar-refractivity contribution >= 4 is 22.6 Å². The van der Waals surface area contributed by atoms with Gasteiger partial charge in [0, 0.05) is 12.1 Å². The van der Waals surface area contributed by atoms with Crippen molar-refractivity contribution in [1.29, 1.82) is 0 Å². The van der Waals surface area contributed by atoms with E-state index in [1.807, 2.05) is 24.3 Å². The number of hydrogen-bond donors (Lipinski definition) is 2. The highest BCUT2D eigenvalue weighted by Crippen LogP contribution is 2.23. The lowest BCUT2D eigenvalue weighted by atomic mass is 10.0. The number of para-hydroxylation sites is 2. The van der Waals surface area contributed by atoms with E-state index in [9.17, 15) is 14.9 Å². The molecule has 1 amide bonds. The number of non-ortho nitro benzene ring substituents is 1. The molecule has 0 spiro atoms. The van der Waals surface area contributed by atoms with Crippen LogP contribution in [-0.2, 0) is 0 Å². The van der Waals surface area contributed by atoms with Gasteiger partial charge in [-0.1, -0.05) is 37.3 Å². The molecule has 0 aliphatic heterocycles. The Kier molecular flexibility index (Phi) is 5.67. The van der Waals surface area contributed by atoms with Crippen LogP contribution in [0.5, 0.6) is 0 Å². The number of nitro benzene ring substituents is 1. The molecule has 4 rings (SSSR count). The lowest BCUT2D eigenvalue weighted by molar-refractivity contribution is -0.384. The van der Waals surface area contributed by atoms with Crippen molar-refractivity contribution in [1.82, 2.24) is 30.3 Å². The van der Waals surface area contributed by atoms with Gasteiger partial charge in [0.05, 0.1) is 33.4 Å². The normalized spacial score (nSPS) is 12.2. The van der Waals surface area contributed by atoms with E-state index in [1.54, 1.807) is 19.1 Å². The van der Waals surface area contributed by atoms with Crippen LogP contribution in [-0.4, -0.2) is 35.8 Å². The van der Waals surface area contributed by atoms with Crippen molar-refractivity contribution in [2.24, 2.45) is 5.92 Å². The highest BCUT2D eigenvalue weighted by molar-refractivity contribution is 5.93. The summed E-state index contributed by atoms with van der Waals surface area (Å²) in [5.41, 5.74) is 2.76. The second-order valence-corrected chi connectivity index (χ2v) is 8.01. The second-order valence-electron chi connectivity index (χ2n) is 8.01. The smallest absolute Gasteiger partial charge is 0.274 e. The summed E-state index contributed by atoms with van der Waals surface area (Å²) in [6, 6.07) is 13.4. The number of H-pyrrole nitrogens is 1. The molecular weight excluding hydrogens is 410 g/mol. The number of nitrogens with zero attached hydrogens (tertiary/aromatic N) is 5. The first-order valence-electron chi connectivity index (χ1n) is 10.3. The molecule has 1 unspecified atom stereocenters. The first-order chi connectivity index (χ1) is 15.3. The molecule has 4 aromatic rings. The van der Waals surface area contributed by atoms with Crippen LogP contribution in [0.4, 0.5) is 5.69 Å². The summed E-state index contributed by atoms with van der Waals surface area (Å²) in [5.74, 6) is 0.609. The number of benzene rings is 2. The summed E-state index contributed by atoms with van der Waals surface area (Å²) in [7, 11) is 0. The Bertz CT molecular complexity index is 1260. The van der Waals surface area contributed by atoms with E-state index in [2.05, 4.69) is 39.4 Å². The van der Waals surface area contributed by atoms with Gasteiger partial charge in [-0.2, -0.15) is 0 Å². The van der Waals surface area contributed by atoms with E-state index < -0.39 is 4.92 Å². The molecule has 0 aliphatic rings. The van der Waals surface area contributed by atoms with Crippen molar-refractivity contribution in [3.63, 3.8) is 0 Å².